The fourth-order valence-corrected chi connectivity index (χ4v) is 0.500. The Bertz CT molecular complexity index is 249. The van der Waals surface area contributed by atoms with Crippen molar-refractivity contribution in [3.63, 3.8) is 0 Å². The summed E-state index contributed by atoms with van der Waals surface area (Å²) < 4.78 is 31.0. The lowest BCUT2D eigenvalue weighted by Gasteiger charge is -1.96. The second-order valence-electron chi connectivity index (χ2n) is 1.58. The first kappa shape index (κ1) is 9.12. The third-order valence-corrected chi connectivity index (χ3v) is 0.891. The van der Waals surface area contributed by atoms with Gasteiger partial charge in [-0.3, -0.25) is 4.55 Å². The molecule has 0 atom stereocenters. The molecule has 0 fully saturated rings. The quantitative estimate of drug-likeness (QED) is 0.458. The lowest BCUT2D eigenvalue weighted by atomic mass is 10.4. The summed E-state index contributed by atoms with van der Waals surface area (Å²) in [6, 6.07) is 0. The van der Waals surface area contributed by atoms with Gasteiger partial charge < -0.3 is 4.18 Å². The lowest BCUT2D eigenvalue weighted by molar-refractivity contribution is -0.130. The Hall–Kier alpha value is -0.880. The number of carbonyl (C=O) groups is 1. The Morgan fingerprint density at radius 3 is 2.10 bits per heavy atom. The lowest BCUT2D eigenvalue weighted by Crippen LogP contribution is -2.11. The first-order valence-electron chi connectivity index (χ1n) is 2.19. The van der Waals surface area contributed by atoms with Gasteiger partial charge in [-0.15, -0.1) is 0 Å². The van der Waals surface area contributed by atoms with Gasteiger partial charge >= 0.3 is 16.4 Å². The van der Waals surface area contributed by atoms with Gasteiger partial charge in [-0.1, -0.05) is 6.58 Å². The average molecular weight is 166 g/mol. The molecule has 58 valence electrons. The maximum Gasteiger partial charge on any atom is 0.449 e. The summed E-state index contributed by atoms with van der Waals surface area (Å²) in [7, 11) is -4.68. The second-order valence-corrected chi connectivity index (χ2v) is 2.60. The minimum absolute atomic E-state index is 0.0994. The van der Waals surface area contributed by atoms with E-state index < -0.39 is 16.4 Å². The minimum atomic E-state index is -4.68. The fourth-order valence-electron chi connectivity index (χ4n) is 0.167. The Balaban J connectivity index is 4.21. The highest BCUT2D eigenvalue weighted by Crippen LogP contribution is 1.95. The van der Waals surface area contributed by atoms with Crippen molar-refractivity contribution < 1.29 is 21.9 Å². The summed E-state index contributed by atoms with van der Waals surface area (Å²) in [5.74, 6) is -1.16. The van der Waals surface area contributed by atoms with Crippen LogP contribution in [0.25, 0.3) is 0 Å². The van der Waals surface area contributed by atoms with E-state index in [0.717, 1.165) is 0 Å². The van der Waals surface area contributed by atoms with Crippen molar-refractivity contribution in [2.24, 2.45) is 0 Å². The summed E-state index contributed by atoms with van der Waals surface area (Å²) in [5, 5.41) is 0. The van der Waals surface area contributed by atoms with E-state index in [2.05, 4.69) is 10.8 Å². The van der Waals surface area contributed by atoms with Crippen LogP contribution in [0, 0.1) is 0 Å². The van der Waals surface area contributed by atoms with Crippen molar-refractivity contribution in [2.75, 3.05) is 0 Å². The van der Waals surface area contributed by atoms with E-state index in [1.807, 2.05) is 0 Å². The molecule has 0 aliphatic rings. The maximum absolute atomic E-state index is 10.3. The molecule has 0 spiro atoms. The van der Waals surface area contributed by atoms with Gasteiger partial charge in [0.15, 0.2) is 0 Å². The SMILES string of the molecule is C=C(C)C(=O)OS(=O)(=O)O. The predicted molar refractivity (Wildman–Crippen MR) is 32.5 cm³/mol. The van der Waals surface area contributed by atoms with Gasteiger partial charge in [-0.05, 0) is 6.92 Å². The molecule has 5 nitrogen and oxygen atoms in total. The second kappa shape index (κ2) is 2.80. The Labute approximate surface area is 58.3 Å². The van der Waals surface area contributed by atoms with Crippen molar-refractivity contribution in [2.45, 2.75) is 6.92 Å². The van der Waals surface area contributed by atoms with Crippen molar-refractivity contribution in [3.8, 4) is 0 Å². The monoisotopic (exact) mass is 166 g/mol. The van der Waals surface area contributed by atoms with E-state index in [9.17, 15) is 13.2 Å². The van der Waals surface area contributed by atoms with Gasteiger partial charge in [0.1, 0.15) is 0 Å². The zero-order valence-electron chi connectivity index (χ0n) is 5.20. The van der Waals surface area contributed by atoms with Crippen molar-refractivity contribution in [3.05, 3.63) is 12.2 Å². The van der Waals surface area contributed by atoms with Gasteiger partial charge in [0.05, 0.1) is 0 Å². The van der Waals surface area contributed by atoms with Crippen LogP contribution in [0.1, 0.15) is 6.92 Å². The van der Waals surface area contributed by atoms with E-state index in [1.165, 1.54) is 6.92 Å². The molecule has 0 aromatic rings. The molecule has 0 saturated heterocycles. The van der Waals surface area contributed by atoms with Crippen LogP contribution < -0.4 is 0 Å². The minimum Gasteiger partial charge on any atom is -0.321 e. The van der Waals surface area contributed by atoms with Gasteiger partial charge in [0.25, 0.3) is 0 Å². The van der Waals surface area contributed by atoms with Crippen LogP contribution in [0.15, 0.2) is 12.2 Å². The molecule has 0 amide bonds. The number of rotatable bonds is 2. The molecule has 0 radical (unpaired) electrons. The smallest absolute Gasteiger partial charge is 0.321 e. The predicted octanol–water partition coefficient (Wildman–Crippen LogP) is -0.0915. The molecule has 0 saturated carbocycles. The van der Waals surface area contributed by atoms with Crippen LogP contribution in [-0.4, -0.2) is 18.9 Å². The van der Waals surface area contributed by atoms with Crippen LogP contribution >= 0.6 is 0 Å². The van der Waals surface area contributed by atoms with E-state index >= 15 is 0 Å². The summed E-state index contributed by atoms with van der Waals surface area (Å²) in [6.45, 7) is 4.35. The van der Waals surface area contributed by atoms with Gasteiger partial charge in [-0.2, -0.15) is 8.42 Å². The van der Waals surface area contributed by atoms with Crippen LogP contribution in [0.3, 0.4) is 0 Å². The molecule has 6 heteroatoms. The molecule has 0 aromatic heterocycles. The molecule has 0 aliphatic carbocycles. The Morgan fingerprint density at radius 2 is 2.00 bits per heavy atom. The van der Waals surface area contributed by atoms with Crippen molar-refractivity contribution >= 4 is 16.4 Å². The van der Waals surface area contributed by atoms with Gasteiger partial charge in [-0.25, -0.2) is 4.79 Å². The fraction of sp³-hybridized carbons (Fsp3) is 0.250. The number of hydrogen-bond acceptors (Lipinski definition) is 4. The summed E-state index contributed by atoms with van der Waals surface area (Å²) in [5.41, 5.74) is -0.0994. The molecular weight excluding hydrogens is 160 g/mol. The van der Waals surface area contributed by atoms with E-state index in [4.69, 9.17) is 4.55 Å². The largest absolute Gasteiger partial charge is 0.449 e. The standard InChI is InChI=1S/C4H6O5S/c1-3(2)4(5)9-10(6,7)8/h1H2,2H3,(H,6,7,8). The molecule has 0 rings (SSSR count). The molecule has 0 unspecified atom stereocenters. The van der Waals surface area contributed by atoms with Crippen LogP contribution in [0.2, 0.25) is 0 Å². The Morgan fingerprint density at radius 1 is 1.60 bits per heavy atom. The first-order chi connectivity index (χ1) is 4.33. The molecule has 1 N–H and O–H groups in total. The third kappa shape index (κ3) is 4.04. The van der Waals surface area contributed by atoms with Gasteiger partial charge in [0.2, 0.25) is 0 Å². The normalized spacial score (nSPS) is 10.6. The third-order valence-electron chi connectivity index (χ3n) is 0.529. The van der Waals surface area contributed by atoms with E-state index in [-0.39, 0.29) is 5.57 Å². The highest BCUT2D eigenvalue weighted by atomic mass is 32.3. The first-order valence-corrected chi connectivity index (χ1v) is 3.56. The summed E-state index contributed by atoms with van der Waals surface area (Å²) >= 11 is 0. The molecule has 0 bridgehead atoms. The molecule has 0 heterocycles. The van der Waals surface area contributed by atoms with E-state index in [0.29, 0.717) is 0 Å². The van der Waals surface area contributed by atoms with E-state index in [1.54, 1.807) is 0 Å². The summed E-state index contributed by atoms with van der Waals surface area (Å²) in [6.07, 6.45) is 0. The highest BCUT2D eigenvalue weighted by Gasteiger charge is 2.12. The Kier molecular flexibility index (Phi) is 2.56. The summed E-state index contributed by atoms with van der Waals surface area (Å²) in [4.78, 5) is 10.3. The molecule has 10 heavy (non-hydrogen) atoms. The topological polar surface area (TPSA) is 80.7 Å². The number of hydrogen-bond donors (Lipinski definition) is 1. The zero-order chi connectivity index (χ0) is 8.36. The molecule has 0 aliphatic heterocycles. The van der Waals surface area contributed by atoms with Crippen molar-refractivity contribution in [1.82, 2.24) is 0 Å². The van der Waals surface area contributed by atoms with Gasteiger partial charge in [0, 0.05) is 5.57 Å². The molecule has 0 aromatic carbocycles. The average Bonchev–Trinajstić information content (AvgIpc) is 1.60. The maximum atomic E-state index is 10.3. The molecular formula is C4H6O5S. The van der Waals surface area contributed by atoms with Crippen LogP contribution in [-0.2, 0) is 19.4 Å². The van der Waals surface area contributed by atoms with Crippen molar-refractivity contribution in [1.29, 1.82) is 0 Å². The van der Waals surface area contributed by atoms with Crippen LogP contribution in [0.5, 0.6) is 0 Å². The highest BCUT2D eigenvalue weighted by molar-refractivity contribution is 7.81. The zero-order valence-corrected chi connectivity index (χ0v) is 6.01. The van der Waals surface area contributed by atoms with Crippen LogP contribution in [0.4, 0.5) is 0 Å². The number of carbonyl (C=O) groups excluding carboxylic acids is 1.